The molecule has 0 spiro atoms. The molecule has 1 unspecified atom stereocenters. The Morgan fingerprint density at radius 2 is 2.05 bits per heavy atom. The lowest BCUT2D eigenvalue weighted by atomic mass is 9.99. The van der Waals surface area contributed by atoms with E-state index in [1.807, 2.05) is 49.4 Å². The van der Waals surface area contributed by atoms with Crippen LogP contribution in [-0.2, 0) is 11.3 Å². The number of aryl methyl sites for hydroxylation is 2. The highest BCUT2D eigenvalue weighted by molar-refractivity contribution is 6.06. The predicted molar refractivity (Wildman–Crippen MR) is 146 cm³/mol. The van der Waals surface area contributed by atoms with Crippen molar-refractivity contribution in [3.05, 3.63) is 62.8 Å². The lowest BCUT2D eigenvalue weighted by Crippen LogP contribution is -2.39. The monoisotopic (exact) mass is 517 g/mol. The molecule has 0 aliphatic carbocycles. The maximum Gasteiger partial charge on any atom is 0.253 e. The molecule has 0 radical (unpaired) electrons. The second kappa shape index (κ2) is 10.5. The van der Waals surface area contributed by atoms with E-state index >= 15 is 0 Å². The van der Waals surface area contributed by atoms with E-state index in [4.69, 9.17) is 4.98 Å². The van der Waals surface area contributed by atoms with Crippen molar-refractivity contribution in [1.82, 2.24) is 35.3 Å². The average Bonchev–Trinajstić information content (AvgIpc) is 3.57. The Morgan fingerprint density at radius 3 is 2.71 bits per heavy atom. The number of H-pyrrole nitrogens is 1. The molecule has 3 N–H and O–H groups in total. The van der Waals surface area contributed by atoms with Gasteiger partial charge in [0.15, 0.2) is 5.65 Å². The molecule has 3 aromatic heterocycles. The van der Waals surface area contributed by atoms with Gasteiger partial charge in [0, 0.05) is 43.5 Å². The van der Waals surface area contributed by atoms with Gasteiger partial charge in [-0.05, 0) is 70.4 Å². The first-order chi connectivity index (χ1) is 18.2. The molecular weight excluding hydrogens is 482 g/mol. The molecule has 2 amide bonds. The molecule has 1 fully saturated rings. The minimum absolute atomic E-state index is 0.0551. The molecule has 2 aliphatic rings. The normalized spacial score (nSPS) is 17.8. The van der Waals surface area contributed by atoms with E-state index in [-0.39, 0.29) is 35.9 Å². The van der Waals surface area contributed by atoms with Crippen molar-refractivity contribution in [1.29, 1.82) is 0 Å². The number of rotatable bonds is 6. The molecule has 5 rings (SSSR count). The largest absolute Gasteiger partial charge is 0.348 e. The van der Waals surface area contributed by atoms with Crippen LogP contribution in [0.1, 0.15) is 65.6 Å². The van der Waals surface area contributed by atoms with E-state index in [9.17, 15) is 14.4 Å². The summed E-state index contributed by atoms with van der Waals surface area (Å²) in [5.41, 5.74) is 4.78. The molecule has 0 aromatic carbocycles. The molecule has 200 valence electrons. The van der Waals surface area contributed by atoms with E-state index in [0.29, 0.717) is 47.4 Å². The topological polar surface area (TPSA) is 125 Å². The molecular formula is C28H35N7O3. The number of carbonyl (C=O) groups excluding carboxylic acids is 2. The van der Waals surface area contributed by atoms with Gasteiger partial charge in [0.1, 0.15) is 0 Å². The second-order valence-electron chi connectivity index (χ2n) is 10.6. The average molecular weight is 518 g/mol. The highest BCUT2D eigenvalue weighted by Crippen LogP contribution is 2.28. The molecule has 3 aromatic rings. The summed E-state index contributed by atoms with van der Waals surface area (Å²) in [6.45, 7) is 10.7. The lowest BCUT2D eigenvalue weighted by molar-refractivity contribution is -0.134. The standard InChI is InChI=1S/C28H35N7O3/c1-16(2)35-25-23(15-31-35)21(26(36)30-14-22-17(3)11-18(4)32-27(22)37)12-24(33-25)19-6-9-34(10-7-19)28(38)20-5-8-29-13-20/h6,11-12,15-16,20,29H,5,7-10,13-14H2,1-4H3,(H,30,36)(H,32,37). The van der Waals surface area contributed by atoms with E-state index < -0.39 is 0 Å². The zero-order valence-corrected chi connectivity index (χ0v) is 22.4. The van der Waals surface area contributed by atoms with Gasteiger partial charge in [-0.3, -0.25) is 14.4 Å². The molecule has 0 saturated carbocycles. The Hall–Kier alpha value is -3.79. The highest BCUT2D eigenvalue weighted by Gasteiger charge is 2.29. The van der Waals surface area contributed by atoms with Gasteiger partial charge in [-0.2, -0.15) is 5.10 Å². The number of amides is 2. The van der Waals surface area contributed by atoms with Crippen molar-refractivity contribution >= 4 is 28.4 Å². The van der Waals surface area contributed by atoms with Gasteiger partial charge in [0.2, 0.25) is 5.91 Å². The fourth-order valence-corrected chi connectivity index (χ4v) is 5.34. The SMILES string of the molecule is Cc1cc(C)c(CNC(=O)c2cc(C3=CCN(C(=O)C4CCNC4)CC3)nc3c2cnn3C(C)C)c(=O)[nH]1. The number of carbonyl (C=O) groups is 2. The van der Waals surface area contributed by atoms with Gasteiger partial charge in [-0.1, -0.05) is 6.08 Å². The molecule has 10 nitrogen and oxygen atoms in total. The number of nitrogens with one attached hydrogen (secondary N) is 3. The van der Waals surface area contributed by atoms with E-state index in [1.54, 1.807) is 12.3 Å². The van der Waals surface area contributed by atoms with Crippen LogP contribution >= 0.6 is 0 Å². The van der Waals surface area contributed by atoms with Crippen molar-refractivity contribution in [3.63, 3.8) is 0 Å². The maximum absolute atomic E-state index is 13.5. The fraction of sp³-hybridized carbons (Fsp3) is 0.464. The van der Waals surface area contributed by atoms with Crippen molar-refractivity contribution in [3.8, 4) is 0 Å². The summed E-state index contributed by atoms with van der Waals surface area (Å²) in [5, 5.41) is 11.4. The summed E-state index contributed by atoms with van der Waals surface area (Å²) in [4.78, 5) is 48.4. The highest BCUT2D eigenvalue weighted by atomic mass is 16.2. The van der Waals surface area contributed by atoms with Gasteiger partial charge < -0.3 is 20.5 Å². The summed E-state index contributed by atoms with van der Waals surface area (Å²) in [6, 6.07) is 3.76. The van der Waals surface area contributed by atoms with Gasteiger partial charge in [-0.15, -0.1) is 0 Å². The number of hydrogen-bond donors (Lipinski definition) is 3. The second-order valence-corrected chi connectivity index (χ2v) is 10.6. The summed E-state index contributed by atoms with van der Waals surface area (Å²) in [7, 11) is 0. The number of aromatic amines is 1. The van der Waals surface area contributed by atoms with Crippen LogP contribution in [0.25, 0.3) is 16.6 Å². The van der Waals surface area contributed by atoms with E-state index in [1.165, 1.54) is 0 Å². The van der Waals surface area contributed by atoms with Crippen LogP contribution < -0.4 is 16.2 Å². The van der Waals surface area contributed by atoms with Crippen molar-refractivity contribution in [2.45, 2.75) is 53.1 Å². The maximum atomic E-state index is 13.5. The van der Waals surface area contributed by atoms with Crippen LogP contribution in [0.2, 0.25) is 0 Å². The third-order valence-corrected chi connectivity index (χ3v) is 7.48. The molecule has 10 heteroatoms. The van der Waals surface area contributed by atoms with Crippen LogP contribution in [0, 0.1) is 19.8 Å². The Bertz CT molecular complexity index is 1480. The number of pyridine rings is 2. The van der Waals surface area contributed by atoms with Crippen molar-refractivity contribution in [2.75, 3.05) is 26.2 Å². The molecule has 38 heavy (non-hydrogen) atoms. The third-order valence-electron chi connectivity index (χ3n) is 7.48. The van der Waals surface area contributed by atoms with Crippen molar-refractivity contribution < 1.29 is 9.59 Å². The minimum Gasteiger partial charge on any atom is -0.348 e. The number of nitrogens with zero attached hydrogens (tertiary/aromatic N) is 4. The molecule has 1 atom stereocenters. The summed E-state index contributed by atoms with van der Waals surface area (Å²) >= 11 is 0. The molecule has 5 heterocycles. The molecule has 1 saturated heterocycles. The van der Waals surface area contributed by atoms with Crippen molar-refractivity contribution in [2.24, 2.45) is 5.92 Å². The van der Waals surface area contributed by atoms with Crippen LogP contribution in [0.15, 0.2) is 29.2 Å². The summed E-state index contributed by atoms with van der Waals surface area (Å²) in [6.07, 6.45) is 5.27. The van der Waals surface area contributed by atoms with Crippen LogP contribution in [0.4, 0.5) is 0 Å². The first-order valence-corrected chi connectivity index (χ1v) is 13.3. The predicted octanol–water partition coefficient (Wildman–Crippen LogP) is 2.47. The Morgan fingerprint density at radius 1 is 1.24 bits per heavy atom. The number of fused-ring (bicyclic) bond motifs is 1. The van der Waals surface area contributed by atoms with Gasteiger partial charge in [0.05, 0.1) is 28.8 Å². The summed E-state index contributed by atoms with van der Waals surface area (Å²) < 4.78 is 1.82. The van der Waals surface area contributed by atoms with Gasteiger partial charge in [0.25, 0.3) is 11.5 Å². The van der Waals surface area contributed by atoms with E-state index in [2.05, 4.69) is 20.7 Å². The number of hydrogen-bond acceptors (Lipinski definition) is 6. The van der Waals surface area contributed by atoms with E-state index in [0.717, 1.165) is 36.3 Å². The molecule has 2 aliphatic heterocycles. The van der Waals surface area contributed by atoms with Gasteiger partial charge in [-0.25, -0.2) is 9.67 Å². The Labute approximate surface area is 221 Å². The van der Waals surface area contributed by atoms with Crippen LogP contribution in [0.5, 0.6) is 0 Å². The minimum atomic E-state index is -0.289. The quantitative estimate of drug-likeness (QED) is 0.461. The fourth-order valence-electron chi connectivity index (χ4n) is 5.34. The Kier molecular flexibility index (Phi) is 7.16. The third kappa shape index (κ3) is 5.00. The first-order valence-electron chi connectivity index (χ1n) is 13.3. The zero-order valence-electron chi connectivity index (χ0n) is 22.4. The molecule has 0 bridgehead atoms. The first kappa shape index (κ1) is 25.8. The van der Waals surface area contributed by atoms with Crippen LogP contribution in [-0.4, -0.2) is 62.6 Å². The van der Waals surface area contributed by atoms with Gasteiger partial charge >= 0.3 is 0 Å². The smallest absolute Gasteiger partial charge is 0.253 e. The summed E-state index contributed by atoms with van der Waals surface area (Å²) in [5.74, 6) is -0.0316. The zero-order chi connectivity index (χ0) is 27.0. The Balaban J connectivity index is 1.44. The van der Waals surface area contributed by atoms with Crippen LogP contribution in [0.3, 0.4) is 0 Å². The number of aromatic nitrogens is 4. The lowest BCUT2D eigenvalue weighted by Gasteiger charge is -2.28.